The lowest BCUT2D eigenvalue weighted by Gasteiger charge is -2.04. The van der Waals surface area contributed by atoms with Crippen LogP contribution in [0.2, 0.25) is 0 Å². The van der Waals surface area contributed by atoms with Gasteiger partial charge in [0.1, 0.15) is 0 Å². The number of thiophene rings is 1. The van der Waals surface area contributed by atoms with Gasteiger partial charge < -0.3 is 4.84 Å². The summed E-state index contributed by atoms with van der Waals surface area (Å²) in [4.78, 5) is 9.98. The van der Waals surface area contributed by atoms with Crippen LogP contribution in [0, 0.1) is 0 Å². The third-order valence-corrected chi connectivity index (χ3v) is 3.64. The topological polar surface area (TPSA) is 47.6 Å². The molecule has 0 unspecified atom stereocenters. The van der Waals surface area contributed by atoms with Gasteiger partial charge in [0.25, 0.3) is 5.90 Å². The summed E-state index contributed by atoms with van der Waals surface area (Å²) >= 11 is 4.89. The Kier molecular flexibility index (Phi) is 4.30. The molecule has 0 atom stereocenters. The Morgan fingerprint density at radius 2 is 2.00 bits per heavy atom. The minimum Gasteiger partial charge on any atom is -0.390 e. The van der Waals surface area contributed by atoms with Crippen molar-refractivity contribution >= 4 is 38.9 Å². The van der Waals surface area contributed by atoms with Crippen LogP contribution in [0.4, 0.5) is 0 Å². The second kappa shape index (κ2) is 5.95. The molecule has 0 bridgehead atoms. The predicted octanol–water partition coefficient (Wildman–Crippen LogP) is 3.82. The van der Waals surface area contributed by atoms with Crippen molar-refractivity contribution in [1.29, 1.82) is 0 Å². The fraction of sp³-hybridized carbons (Fsp3) is 0. The SMILES string of the molecule is C=C(N=C(ON)c1cccs1)c1ccc(Br)cc1. The zero-order valence-corrected chi connectivity index (χ0v) is 11.9. The maximum Gasteiger partial charge on any atom is 0.255 e. The van der Waals surface area contributed by atoms with E-state index in [0.717, 1.165) is 14.9 Å². The summed E-state index contributed by atoms with van der Waals surface area (Å²) in [5.41, 5.74) is 1.53. The summed E-state index contributed by atoms with van der Waals surface area (Å²) in [7, 11) is 0. The number of hydrogen-bond acceptors (Lipinski definition) is 4. The van der Waals surface area contributed by atoms with Crippen molar-refractivity contribution < 1.29 is 4.84 Å². The van der Waals surface area contributed by atoms with Crippen LogP contribution in [0.15, 0.2) is 57.8 Å². The van der Waals surface area contributed by atoms with E-state index in [1.165, 1.54) is 11.3 Å². The molecule has 18 heavy (non-hydrogen) atoms. The molecule has 2 rings (SSSR count). The van der Waals surface area contributed by atoms with Crippen LogP contribution in [0.3, 0.4) is 0 Å². The van der Waals surface area contributed by atoms with E-state index >= 15 is 0 Å². The Morgan fingerprint density at radius 1 is 1.28 bits per heavy atom. The summed E-state index contributed by atoms with van der Waals surface area (Å²) < 4.78 is 1.01. The van der Waals surface area contributed by atoms with Gasteiger partial charge in [0.2, 0.25) is 0 Å². The van der Waals surface area contributed by atoms with Gasteiger partial charge in [-0.2, -0.15) is 5.90 Å². The minimum absolute atomic E-state index is 0.373. The molecule has 2 aromatic rings. The molecular formula is C13H11BrN2OS. The van der Waals surface area contributed by atoms with Crippen molar-refractivity contribution in [2.45, 2.75) is 0 Å². The smallest absolute Gasteiger partial charge is 0.255 e. The van der Waals surface area contributed by atoms with Crippen molar-refractivity contribution in [3.63, 3.8) is 0 Å². The molecule has 0 aliphatic carbocycles. The fourth-order valence-corrected chi connectivity index (χ4v) is 2.29. The van der Waals surface area contributed by atoms with Gasteiger partial charge in [0.05, 0.1) is 10.6 Å². The summed E-state index contributed by atoms with van der Waals surface area (Å²) in [6.07, 6.45) is 0. The van der Waals surface area contributed by atoms with Crippen LogP contribution in [-0.2, 0) is 4.84 Å². The minimum atomic E-state index is 0.373. The van der Waals surface area contributed by atoms with Crippen molar-refractivity contribution in [3.05, 3.63) is 63.3 Å². The van der Waals surface area contributed by atoms with Crippen molar-refractivity contribution in [1.82, 2.24) is 0 Å². The van der Waals surface area contributed by atoms with E-state index in [9.17, 15) is 0 Å². The van der Waals surface area contributed by atoms with Gasteiger partial charge in [-0.15, -0.1) is 11.3 Å². The first-order valence-electron chi connectivity index (χ1n) is 5.15. The second-order valence-electron chi connectivity index (χ2n) is 3.47. The van der Waals surface area contributed by atoms with E-state index in [4.69, 9.17) is 10.7 Å². The maximum atomic E-state index is 5.24. The lowest BCUT2D eigenvalue weighted by molar-refractivity contribution is 0.323. The number of nitrogens with zero attached hydrogens (tertiary/aromatic N) is 1. The Balaban J connectivity index is 2.26. The van der Waals surface area contributed by atoms with E-state index in [2.05, 4.69) is 27.5 Å². The van der Waals surface area contributed by atoms with Crippen molar-refractivity contribution in [2.24, 2.45) is 10.9 Å². The molecule has 1 aromatic heterocycles. The summed E-state index contributed by atoms with van der Waals surface area (Å²) in [6.45, 7) is 3.92. The lowest BCUT2D eigenvalue weighted by Crippen LogP contribution is -2.10. The first-order chi connectivity index (χ1) is 8.70. The van der Waals surface area contributed by atoms with Crippen molar-refractivity contribution in [2.75, 3.05) is 0 Å². The third kappa shape index (κ3) is 3.07. The standard InChI is InChI=1S/C13H11BrN2OS/c1-9(10-4-6-11(14)7-5-10)16-13(17-15)12-3-2-8-18-12/h2-8H,1,15H2. The number of hydrogen-bond donors (Lipinski definition) is 1. The molecule has 0 radical (unpaired) electrons. The maximum absolute atomic E-state index is 5.24. The Labute approximate surface area is 118 Å². The number of rotatable bonds is 3. The highest BCUT2D eigenvalue weighted by Crippen LogP contribution is 2.19. The average molecular weight is 323 g/mol. The van der Waals surface area contributed by atoms with Crippen LogP contribution < -0.4 is 5.90 Å². The number of benzene rings is 1. The third-order valence-electron chi connectivity index (χ3n) is 2.26. The van der Waals surface area contributed by atoms with Crippen LogP contribution in [-0.4, -0.2) is 5.90 Å². The molecule has 0 saturated carbocycles. The number of aliphatic imine (C=N–C) groups is 1. The van der Waals surface area contributed by atoms with Gasteiger partial charge in [-0.1, -0.05) is 40.7 Å². The van der Waals surface area contributed by atoms with Gasteiger partial charge >= 0.3 is 0 Å². The molecule has 3 nitrogen and oxygen atoms in total. The van der Waals surface area contributed by atoms with Gasteiger partial charge in [-0.05, 0) is 29.1 Å². The summed E-state index contributed by atoms with van der Waals surface area (Å²) in [5, 5.41) is 1.94. The molecule has 0 aliphatic heterocycles. The first kappa shape index (κ1) is 13.0. The molecule has 1 aromatic carbocycles. The summed E-state index contributed by atoms with van der Waals surface area (Å²) in [5.74, 6) is 5.61. The van der Waals surface area contributed by atoms with Crippen LogP contribution in [0.25, 0.3) is 5.70 Å². The zero-order chi connectivity index (χ0) is 13.0. The molecule has 0 saturated heterocycles. The Hall–Kier alpha value is -1.43. The highest BCUT2D eigenvalue weighted by atomic mass is 79.9. The number of nitrogens with two attached hydrogens (primary N) is 1. The molecule has 5 heteroatoms. The van der Waals surface area contributed by atoms with E-state index in [1.54, 1.807) is 0 Å². The quantitative estimate of drug-likeness (QED) is 0.530. The van der Waals surface area contributed by atoms with Gasteiger partial charge in [-0.25, -0.2) is 4.99 Å². The van der Waals surface area contributed by atoms with Crippen LogP contribution in [0.5, 0.6) is 0 Å². The van der Waals surface area contributed by atoms with E-state index in [1.807, 2.05) is 41.8 Å². The average Bonchev–Trinajstić information content (AvgIpc) is 2.90. The predicted molar refractivity (Wildman–Crippen MR) is 79.3 cm³/mol. The normalized spacial score (nSPS) is 11.3. The lowest BCUT2D eigenvalue weighted by atomic mass is 10.2. The van der Waals surface area contributed by atoms with E-state index < -0.39 is 0 Å². The van der Waals surface area contributed by atoms with Gasteiger partial charge in [-0.3, -0.25) is 0 Å². The van der Waals surface area contributed by atoms with Gasteiger partial charge in [0, 0.05) is 4.47 Å². The Bertz CT molecular complexity index is 561. The van der Waals surface area contributed by atoms with Crippen molar-refractivity contribution in [3.8, 4) is 0 Å². The second-order valence-corrected chi connectivity index (χ2v) is 5.33. The summed E-state index contributed by atoms with van der Waals surface area (Å²) in [6, 6.07) is 11.5. The van der Waals surface area contributed by atoms with Crippen LogP contribution >= 0.6 is 27.3 Å². The van der Waals surface area contributed by atoms with E-state index in [-0.39, 0.29) is 0 Å². The number of halogens is 1. The van der Waals surface area contributed by atoms with Crippen LogP contribution in [0.1, 0.15) is 10.4 Å². The largest absolute Gasteiger partial charge is 0.390 e. The highest BCUT2D eigenvalue weighted by Gasteiger charge is 2.07. The molecular weight excluding hydrogens is 312 g/mol. The highest BCUT2D eigenvalue weighted by molar-refractivity contribution is 9.10. The first-order valence-corrected chi connectivity index (χ1v) is 6.82. The monoisotopic (exact) mass is 322 g/mol. The fourth-order valence-electron chi connectivity index (χ4n) is 1.37. The molecule has 1 heterocycles. The molecule has 0 aliphatic rings. The molecule has 0 fully saturated rings. The van der Waals surface area contributed by atoms with Gasteiger partial charge in [0.15, 0.2) is 0 Å². The molecule has 0 amide bonds. The molecule has 92 valence electrons. The Morgan fingerprint density at radius 3 is 2.56 bits per heavy atom. The van der Waals surface area contributed by atoms with E-state index in [0.29, 0.717) is 11.6 Å². The molecule has 0 spiro atoms. The zero-order valence-electron chi connectivity index (χ0n) is 9.47. The molecule has 2 N–H and O–H groups in total.